The number of rotatable bonds is 5. The van der Waals surface area contributed by atoms with E-state index in [1.54, 1.807) is 0 Å². The molecular formula is C12H24N2OS. The smallest absolute Gasteiger partial charge is 0.0699 e. The minimum absolute atomic E-state index is 0.477. The average molecular weight is 244 g/mol. The molecule has 0 amide bonds. The van der Waals surface area contributed by atoms with Crippen molar-refractivity contribution in [2.75, 3.05) is 50.8 Å². The van der Waals surface area contributed by atoms with Gasteiger partial charge in [0.25, 0.3) is 0 Å². The molecule has 1 N–H and O–H groups in total. The van der Waals surface area contributed by atoms with E-state index in [1.165, 1.54) is 50.4 Å². The Kier molecular flexibility index (Phi) is 5.97. The summed E-state index contributed by atoms with van der Waals surface area (Å²) in [5.74, 6) is 2.62. The lowest BCUT2D eigenvalue weighted by atomic mass is 10.1. The topological polar surface area (TPSA) is 24.5 Å². The van der Waals surface area contributed by atoms with E-state index in [-0.39, 0.29) is 0 Å². The highest BCUT2D eigenvalue weighted by Gasteiger charge is 2.13. The first-order chi connectivity index (χ1) is 7.95. The maximum Gasteiger partial charge on any atom is 0.0699 e. The summed E-state index contributed by atoms with van der Waals surface area (Å²) in [6, 6.07) is 0. The summed E-state index contributed by atoms with van der Waals surface area (Å²) in [6.45, 7) is 6.87. The fourth-order valence-corrected chi connectivity index (χ4v) is 3.27. The lowest BCUT2D eigenvalue weighted by Crippen LogP contribution is -2.40. The normalized spacial score (nSPS) is 28.1. The Bertz CT molecular complexity index is 160. The number of thioether (sulfide) groups is 1. The van der Waals surface area contributed by atoms with Gasteiger partial charge in [0.15, 0.2) is 0 Å². The summed E-state index contributed by atoms with van der Waals surface area (Å²) >= 11 is 2.08. The van der Waals surface area contributed by atoms with Gasteiger partial charge in [-0.05, 0) is 19.3 Å². The Morgan fingerprint density at radius 2 is 2.12 bits per heavy atom. The van der Waals surface area contributed by atoms with Gasteiger partial charge in [-0.1, -0.05) is 0 Å². The van der Waals surface area contributed by atoms with Crippen molar-refractivity contribution >= 4 is 11.8 Å². The molecule has 2 rings (SSSR count). The second-order valence-corrected chi connectivity index (χ2v) is 5.87. The van der Waals surface area contributed by atoms with Crippen molar-refractivity contribution in [2.24, 2.45) is 0 Å². The molecule has 1 atom stereocenters. The fourth-order valence-electron chi connectivity index (χ4n) is 2.29. The van der Waals surface area contributed by atoms with Crippen molar-refractivity contribution in [3.63, 3.8) is 0 Å². The molecule has 0 radical (unpaired) electrons. The summed E-state index contributed by atoms with van der Waals surface area (Å²) in [6.07, 6.45) is 4.32. The van der Waals surface area contributed by atoms with E-state index in [9.17, 15) is 0 Å². The SMILES string of the molecule is C1CCC(CNCCN2CCSCC2)OC1. The number of nitrogens with one attached hydrogen (secondary N) is 1. The van der Waals surface area contributed by atoms with Crippen LogP contribution in [0.25, 0.3) is 0 Å². The molecule has 94 valence electrons. The second kappa shape index (κ2) is 7.54. The maximum atomic E-state index is 5.69. The van der Waals surface area contributed by atoms with Crippen LogP contribution in [0.5, 0.6) is 0 Å². The van der Waals surface area contributed by atoms with E-state index >= 15 is 0 Å². The minimum atomic E-state index is 0.477. The van der Waals surface area contributed by atoms with Crippen LogP contribution in [0.15, 0.2) is 0 Å². The van der Waals surface area contributed by atoms with Gasteiger partial charge < -0.3 is 15.0 Å². The summed E-state index contributed by atoms with van der Waals surface area (Å²) in [5.41, 5.74) is 0. The fraction of sp³-hybridized carbons (Fsp3) is 1.00. The molecule has 0 aromatic rings. The van der Waals surface area contributed by atoms with Gasteiger partial charge >= 0.3 is 0 Å². The molecule has 3 nitrogen and oxygen atoms in total. The van der Waals surface area contributed by atoms with Crippen LogP contribution in [0.1, 0.15) is 19.3 Å². The van der Waals surface area contributed by atoms with Crippen molar-refractivity contribution in [3.05, 3.63) is 0 Å². The zero-order chi connectivity index (χ0) is 11.1. The molecule has 4 heteroatoms. The Hall–Kier alpha value is 0.230. The second-order valence-electron chi connectivity index (χ2n) is 4.65. The molecule has 1 unspecified atom stereocenters. The maximum absolute atomic E-state index is 5.69. The van der Waals surface area contributed by atoms with Crippen molar-refractivity contribution in [2.45, 2.75) is 25.4 Å². The average Bonchev–Trinajstić information content (AvgIpc) is 2.37. The third kappa shape index (κ3) is 4.62. The third-order valence-electron chi connectivity index (χ3n) is 3.35. The molecule has 16 heavy (non-hydrogen) atoms. The lowest BCUT2D eigenvalue weighted by molar-refractivity contribution is 0.0168. The van der Waals surface area contributed by atoms with Gasteiger partial charge in [0.05, 0.1) is 6.10 Å². The van der Waals surface area contributed by atoms with E-state index in [1.807, 2.05) is 0 Å². The molecular weight excluding hydrogens is 220 g/mol. The summed E-state index contributed by atoms with van der Waals surface area (Å²) in [5, 5.41) is 3.53. The Morgan fingerprint density at radius 1 is 1.25 bits per heavy atom. The predicted molar refractivity (Wildman–Crippen MR) is 70.2 cm³/mol. The lowest BCUT2D eigenvalue weighted by Gasteiger charge is -2.27. The molecule has 2 aliphatic heterocycles. The Balaban J connectivity index is 1.47. The highest BCUT2D eigenvalue weighted by Crippen LogP contribution is 2.11. The Morgan fingerprint density at radius 3 is 2.88 bits per heavy atom. The van der Waals surface area contributed by atoms with Crippen LogP contribution in [-0.4, -0.2) is 61.8 Å². The van der Waals surface area contributed by atoms with E-state index < -0.39 is 0 Å². The van der Waals surface area contributed by atoms with Crippen LogP contribution in [0.4, 0.5) is 0 Å². The quantitative estimate of drug-likeness (QED) is 0.734. The molecule has 0 bridgehead atoms. The standard InChI is InChI=1S/C12H24N2OS/c1-2-8-15-12(3-1)11-13-4-5-14-6-9-16-10-7-14/h12-13H,1-11H2. The van der Waals surface area contributed by atoms with Crippen molar-refractivity contribution < 1.29 is 4.74 Å². The third-order valence-corrected chi connectivity index (χ3v) is 4.30. The van der Waals surface area contributed by atoms with E-state index in [0.717, 1.165) is 19.7 Å². The molecule has 2 fully saturated rings. The van der Waals surface area contributed by atoms with Gasteiger partial charge in [0, 0.05) is 50.8 Å². The summed E-state index contributed by atoms with van der Waals surface area (Å²) in [4.78, 5) is 2.56. The first-order valence-electron chi connectivity index (χ1n) is 6.57. The largest absolute Gasteiger partial charge is 0.377 e. The highest BCUT2D eigenvalue weighted by atomic mass is 32.2. The number of hydrogen-bond donors (Lipinski definition) is 1. The van der Waals surface area contributed by atoms with Crippen LogP contribution in [0, 0.1) is 0 Å². The zero-order valence-electron chi connectivity index (χ0n) is 10.1. The van der Waals surface area contributed by atoms with Gasteiger partial charge in [-0.15, -0.1) is 0 Å². The van der Waals surface area contributed by atoms with Crippen molar-refractivity contribution in [1.29, 1.82) is 0 Å². The first kappa shape index (κ1) is 12.7. The van der Waals surface area contributed by atoms with Crippen LogP contribution < -0.4 is 5.32 Å². The van der Waals surface area contributed by atoms with Crippen molar-refractivity contribution in [3.8, 4) is 0 Å². The summed E-state index contributed by atoms with van der Waals surface area (Å²) < 4.78 is 5.69. The number of ether oxygens (including phenoxy) is 1. The monoisotopic (exact) mass is 244 g/mol. The molecule has 2 heterocycles. The van der Waals surface area contributed by atoms with Gasteiger partial charge in [-0.2, -0.15) is 11.8 Å². The molecule has 0 saturated carbocycles. The van der Waals surface area contributed by atoms with Gasteiger partial charge in [0.1, 0.15) is 0 Å². The molecule has 0 spiro atoms. The van der Waals surface area contributed by atoms with E-state index in [2.05, 4.69) is 22.0 Å². The highest BCUT2D eigenvalue weighted by molar-refractivity contribution is 7.99. The van der Waals surface area contributed by atoms with Crippen LogP contribution >= 0.6 is 11.8 Å². The summed E-state index contributed by atoms with van der Waals surface area (Å²) in [7, 11) is 0. The van der Waals surface area contributed by atoms with Gasteiger partial charge in [-0.3, -0.25) is 0 Å². The van der Waals surface area contributed by atoms with Crippen LogP contribution in [0.2, 0.25) is 0 Å². The molecule has 0 aromatic heterocycles. The molecule has 0 aromatic carbocycles. The number of hydrogen-bond acceptors (Lipinski definition) is 4. The van der Waals surface area contributed by atoms with Gasteiger partial charge in [-0.25, -0.2) is 0 Å². The zero-order valence-corrected chi connectivity index (χ0v) is 10.9. The predicted octanol–water partition coefficient (Wildman–Crippen LogP) is 1.19. The molecule has 2 aliphatic rings. The first-order valence-corrected chi connectivity index (χ1v) is 7.73. The Labute approximate surface area is 103 Å². The molecule has 2 saturated heterocycles. The van der Waals surface area contributed by atoms with E-state index in [0.29, 0.717) is 6.10 Å². The van der Waals surface area contributed by atoms with Crippen LogP contribution in [0.3, 0.4) is 0 Å². The van der Waals surface area contributed by atoms with E-state index in [4.69, 9.17) is 4.74 Å². The van der Waals surface area contributed by atoms with Crippen LogP contribution in [-0.2, 0) is 4.74 Å². The van der Waals surface area contributed by atoms with Crippen molar-refractivity contribution in [1.82, 2.24) is 10.2 Å². The molecule has 0 aliphatic carbocycles. The number of nitrogens with zero attached hydrogens (tertiary/aromatic N) is 1. The van der Waals surface area contributed by atoms with Gasteiger partial charge in [0.2, 0.25) is 0 Å². The minimum Gasteiger partial charge on any atom is -0.377 e.